The molecule has 3 rings (SSSR count). The van der Waals surface area contributed by atoms with Crippen LogP contribution in [0.15, 0.2) is 0 Å². The van der Waals surface area contributed by atoms with E-state index in [1.54, 1.807) is 0 Å². The maximum atomic E-state index is 5.68. The van der Waals surface area contributed by atoms with Crippen LogP contribution >= 0.6 is 0 Å². The second-order valence-corrected chi connectivity index (χ2v) is 4.06. The first-order valence-electron chi connectivity index (χ1n) is 5.19. The summed E-state index contributed by atoms with van der Waals surface area (Å²) in [5, 5.41) is 0. The molecule has 14 heavy (non-hydrogen) atoms. The fourth-order valence-corrected chi connectivity index (χ4v) is 2.57. The Labute approximate surface area is 83.8 Å². The third-order valence-corrected chi connectivity index (χ3v) is 3.33. The molecule has 0 unspecified atom stereocenters. The van der Waals surface area contributed by atoms with Gasteiger partial charge >= 0.3 is 0 Å². The highest BCUT2D eigenvalue weighted by Crippen LogP contribution is 2.43. The van der Waals surface area contributed by atoms with Crippen LogP contribution in [0.1, 0.15) is 22.3 Å². The van der Waals surface area contributed by atoms with Gasteiger partial charge in [-0.05, 0) is 25.0 Å². The van der Waals surface area contributed by atoms with Gasteiger partial charge in [-0.25, -0.2) is 0 Å². The number of benzene rings is 1. The molecule has 0 fully saturated rings. The molecule has 2 aliphatic heterocycles. The van der Waals surface area contributed by atoms with Crippen LogP contribution in [-0.2, 0) is 12.8 Å². The van der Waals surface area contributed by atoms with Gasteiger partial charge in [0.1, 0.15) is 11.5 Å². The Balaban J connectivity index is 2.33. The highest BCUT2D eigenvalue weighted by molar-refractivity contribution is 5.60. The van der Waals surface area contributed by atoms with Gasteiger partial charge in [0.25, 0.3) is 0 Å². The maximum Gasteiger partial charge on any atom is 0.126 e. The molecule has 0 radical (unpaired) electrons. The molecule has 0 saturated heterocycles. The molecule has 2 nitrogen and oxygen atoms in total. The minimum atomic E-state index is 0.833. The van der Waals surface area contributed by atoms with Gasteiger partial charge in [-0.3, -0.25) is 0 Å². The molecular formula is C12H14O2. The van der Waals surface area contributed by atoms with Gasteiger partial charge in [0.2, 0.25) is 0 Å². The summed E-state index contributed by atoms with van der Waals surface area (Å²) in [5.41, 5.74) is 5.33. The summed E-state index contributed by atoms with van der Waals surface area (Å²) in [4.78, 5) is 0. The summed E-state index contributed by atoms with van der Waals surface area (Å²) in [7, 11) is 0. The molecule has 74 valence electrons. The first-order valence-corrected chi connectivity index (χ1v) is 5.19. The van der Waals surface area contributed by atoms with E-state index in [0.29, 0.717) is 0 Å². The van der Waals surface area contributed by atoms with Crippen LogP contribution in [0.2, 0.25) is 0 Å². The second-order valence-electron chi connectivity index (χ2n) is 4.06. The average Bonchev–Trinajstić information content (AvgIpc) is 2.82. The number of ether oxygens (including phenoxy) is 2. The number of hydrogen-bond acceptors (Lipinski definition) is 2. The van der Waals surface area contributed by atoms with E-state index in [1.165, 1.54) is 22.3 Å². The van der Waals surface area contributed by atoms with Crippen LogP contribution in [0, 0.1) is 13.8 Å². The number of rotatable bonds is 0. The van der Waals surface area contributed by atoms with Gasteiger partial charge in [-0.2, -0.15) is 0 Å². The van der Waals surface area contributed by atoms with Gasteiger partial charge in [0.15, 0.2) is 0 Å². The largest absolute Gasteiger partial charge is 0.493 e. The Morgan fingerprint density at radius 2 is 1.21 bits per heavy atom. The van der Waals surface area contributed by atoms with E-state index in [4.69, 9.17) is 9.47 Å². The van der Waals surface area contributed by atoms with E-state index in [-0.39, 0.29) is 0 Å². The molecule has 1 aromatic carbocycles. The molecule has 2 heteroatoms. The predicted octanol–water partition coefficient (Wildman–Crippen LogP) is 2.17. The average molecular weight is 190 g/mol. The predicted molar refractivity (Wildman–Crippen MR) is 54.3 cm³/mol. The second kappa shape index (κ2) is 2.66. The quantitative estimate of drug-likeness (QED) is 0.624. The molecule has 0 bridgehead atoms. The van der Waals surface area contributed by atoms with Gasteiger partial charge in [0, 0.05) is 24.0 Å². The highest BCUT2D eigenvalue weighted by atomic mass is 16.5. The summed E-state index contributed by atoms with van der Waals surface area (Å²) in [6.07, 6.45) is 2.08. The Bertz CT molecular complexity index is 335. The molecular weight excluding hydrogens is 176 g/mol. The van der Waals surface area contributed by atoms with E-state index < -0.39 is 0 Å². The van der Waals surface area contributed by atoms with Crippen molar-refractivity contribution in [3.05, 3.63) is 22.3 Å². The lowest BCUT2D eigenvalue weighted by atomic mass is 9.96. The first-order chi connectivity index (χ1) is 6.79. The summed E-state index contributed by atoms with van der Waals surface area (Å²) < 4.78 is 11.4. The molecule has 0 aromatic heterocycles. The van der Waals surface area contributed by atoms with E-state index in [0.717, 1.165) is 37.6 Å². The number of fused-ring (bicyclic) bond motifs is 2. The number of hydrogen-bond donors (Lipinski definition) is 0. The lowest BCUT2D eigenvalue weighted by Gasteiger charge is -2.12. The zero-order valence-corrected chi connectivity index (χ0v) is 8.64. The lowest BCUT2D eigenvalue weighted by molar-refractivity contribution is 0.353. The Morgan fingerprint density at radius 1 is 0.786 bits per heavy atom. The highest BCUT2D eigenvalue weighted by Gasteiger charge is 2.27. The molecule has 2 aliphatic rings. The normalized spacial score (nSPS) is 17.3. The first kappa shape index (κ1) is 8.16. The minimum absolute atomic E-state index is 0.833. The van der Waals surface area contributed by atoms with Crippen molar-refractivity contribution in [2.24, 2.45) is 0 Å². The van der Waals surface area contributed by atoms with Gasteiger partial charge in [-0.1, -0.05) is 0 Å². The van der Waals surface area contributed by atoms with Crippen LogP contribution in [0.5, 0.6) is 11.5 Å². The Kier molecular flexibility index (Phi) is 1.55. The zero-order chi connectivity index (χ0) is 9.71. The molecule has 0 atom stereocenters. The third-order valence-electron chi connectivity index (χ3n) is 3.33. The van der Waals surface area contributed by atoms with E-state index in [1.807, 2.05) is 0 Å². The monoisotopic (exact) mass is 190 g/mol. The molecule has 0 spiro atoms. The lowest BCUT2D eigenvalue weighted by Crippen LogP contribution is -1.93. The molecule has 1 aromatic rings. The molecule has 2 heterocycles. The smallest absolute Gasteiger partial charge is 0.126 e. The summed E-state index contributed by atoms with van der Waals surface area (Å²) in [6.45, 7) is 5.97. The maximum absolute atomic E-state index is 5.68. The van der Waals surface area contributed by atoms with Crippen molar-refractivity contribution in [2.45, 2.75) is 26.7 Å². The van der Waals surface area contributed by atoms with Crippen molar-refractivity contribution < 1.29 is 9.47 Å². The van der Waals surface area contributed by atoms with Crippen molar-refractivity contribution in [3.63, 3.8) is 0 Å². The van der Waals surface area contributed by atoms with Gasteiger partial charge in [-0.15, -0.1) is 0 Å². The minimum Gasteiger partial charge on any atom is -0.493 e. The van der Waals surface area contributed by atoms with Crippen LogP contribution in [0.3, 0.4) is 0 Å². The van der Waals surface area contributed by atoms with E-state index >= 15 is 0 Å². The molecule has 0 aliphatic carbocycles. The van der Waals surface area contributed by atoms with Crippen molar-refractivity contribution in [1.29, 1.82) is 0 Å². The summed E-state index contributed by atoms with van der Waals surface area (Å²) in [6, 6.07) is 0. The Morgan fingerprint density at radius 3 is 1.64 bits per heavy atom. The van der Waals surface area contributed by atoms with Crippen molar-refractivity contribution in [3.8, 4) is 11.5 Å². The van der Waals surface area contributed by atoms with E-state index in [9.17, 15) is 0 Å². The van der Waals surface area contributed by atoms with Crippen LogP contribution < -0.4 is 9.47 Å². The topological polar surface area (TPSA) is 18.5 Å². The van der Waals surface area contributed by atoms with E-state index in [2.05, 4.69) is 13.8 Å². The molecule has 0 N–H and O–H groups in total. The fraction of sp³-hybridized carbons (Fsp3) is 0.500. The molecule has 0 amide bonds. The van der Waals surface area contributed by atoms with Gasteiger partial charge in [0.05, 0.1) is 13.2 Å². The zero-order valence-electron chi connectivity index (χ0n) is 8.64. The van der Waals surface area contributed by atoms with Crippen LogP contribution in [0.25, 0.3) is 0 Å². The van der Waals surface area contributed by atoms with Crippen molar-refractivity contribution >= 4 is 0 Å². The fourth-order valence-electron chi connectivity index (χ4n) is 2.57. The Hall–Kier alpha value is -1.18. The van der Waals surface area contributed by atoms with Crippen LogP contribution in [-0.4, -0.2) is 13.2 Å². The van der Waals surface area contributed by atoms with Crippen LogP contribution in [0.4, 0.5) is 0 Å². The van der Waals surface area contributed by atoms with Gasteiger partial charge < -0.3 is 9.47 Å². The summed E-state index contributed by atoms with van der Waals surface area (Å²) >= 11 is 0. The van der Waals surface area contributed by atoms with Crippen molar-refractivity contribution in [1.82, 2.24) is 0 Å². The SMILES string of the molecule is Cc1c2c(c(C)c3c1OCC3)OCC2. The standard InChI is InChI=1S/C12H14O2/c1-7-9-3-5-14-12(9)8(2)10-4-6-13-11(7)10/h3-6H2,1-2H3. The van der Waals surface area contributed by atoms with Crippen molar-refractivity contribution in [2.75, 3.05) is 13.2 Å². The third kappa shape index (κ3) is 0.861. The summed E-state index contributed by atoms with van der Waals surface area (Å²) in [5.74, 6) is 2.26. The molecule has 0 saturated carbocycles.